The fourth-order valence-electron chi connectivity index (χ4n) is 1.63. The van der Waals surface area contributed by atoms with Crippen LogP contribution in [-0.2, 0) is 0 Å². The molecule has 1 aromatic heterocycles. The largest absolute Gasteiger partial charge is 0.478 e. The number of aryl methyl sites for hydroxylation is 1. The number of hydrogen-bond acceptors (Lipinski definition) is 5. The standard InChI is InChI=1S/C12H20N4O2/c1-4-16(5-2)7-6-13-12-14-8-10(11(17)18)9(3)15-12/h8H,4-7H2,1-3H3,(H,17,18)(H,13,14,15). The zero-order chi connectivity index (χ0) is 13.5. The molecule has 2 N–H and O–H groups in total. The van der Waals surface area contributed by atoms with Crippen molar-refractivity contribution in [2.24, 2.45) is 0 Å². The molecule has 0 aliphatic carbocycles. The molecule has 6 nitrogen and oxygen atoms in total. The normalized spacial score (nSPS) is 10.7. The van der Waals surface area contributed by atoms with E-state index in [2.05, 4.69) is 34.0 Å². The van der Waals surface area contributed by atoms with Crippen molar-refractivity contribution in [2.75, 3.05) is 31.5 Å². The van der Waals surface area contributed by atoms with Crippen LogP contribution >= 0.6 is 0 Å². The summed E-state index contributed by atoms with van der Waals surface area (Å²) in [4.78, 5) is 21.2. The van der Waals surface area contributed by atoms with E-state index >= 15 is 0 Å². The third kappa shape index (κ3) is 3.96. The maximum Gasteiger partial charge on any atom is 0.339 e. The first-order chi connectivity index (χ1) is 8.58. The first-order valence-corrected chi connectivity index (χ1v) is 6.11. The highest BCUT2D eigenvalue weighted by atomic mass is 16.4. The average molecular weight is 252 g/mol. The first-order valence-electron chi connectivity index (χ1n) is 6.11. The summed E-state index contributed by atoms with van der Waals surface area (Å²) in [5.74, 6) is -0.521. The summed E-state index contributed by atoms with van der Waals surface area (Å²) >= 11 is 0. The van der Waals surface area contributed by atoms with Gasteiger partial charge in [0.2, 0.25) is 5.95 Å². The van der Waals surface area contributed by atoms with Crippen LogP contribution in [0.25, 0.3) is 0 Å². The van der Waals surface area contributed by atoms with Crippen molar-refractivity contribution in [3.8, 4) is 0 Å². The predicted molar refractivity (Wildman–Crippen MR) is 70.0 cm³/mol. The number of aromatic carboxylic acids is 1. The van der Waals surface area contributed by atoms with Gasteiger partial charge in [-0.05, 0) is 20.0 Å². The number of carbonyl (C=O) groups is 1. The van der Waals surface area contributed by atoms with Gasteiger partial charge in [-0.15, -0.1) is 0 Å². The van der Waals surface area contributed by atoms with Crippen LogP contribution < -0.4 is 5.32 Å². The lowest BCUT2D eigenvalue weighted by Gasteiger charge is -2.17. The summed E-state index contributed by atoms with van der Waals surface area (Å²) in [5, 5.41) is 12.0. The number of nitrogens with one attached hydrogen (secondary N) is 1. The molecule has 0 atom stereocenters. The van der Waals surface area contributed by atoms with E-state index in [0.717, 1.165) is 26.2 Å². The minimum absolute atomic E-state index is 0.143. The number of carboxylic acids is 1. The molecule has 0 bridgehead atoms. The van der Waals surface area contributed by atoms with Crippen molar-refractivity contribution < 1.29 is 9.90 Å². The average Bonchev–Trinajstić information content (AvgIpc) is 2.34. The number of carboxylic acid groups (broad SMARTS) is 1. The Balaban J connectivity index is 2.53. The summed E-state index contributed by atoms with van der Waals surface area (Å²) in [5.41, 5.74) is 0.618. The third-order valence-electron chi connectivity index (χ3n) is 2.82. The quantitative estimate of drug-likeness (QED) is 0.760. The molecule has 100 valence electrons. The van der Waals surface area contributed by atoms with Crippen molar-refractivity contribution in [1.82, 2.24) is 14.9 Å². The van der Waals surface area contributed by atoms with Crippen molar-refractivity contribution in [1.29, 1.82) is 0 Å². The van der Waals surface area contributed by atoms with E-state index in [1.807, 2.05) is 0 Å². The van der Waals surface area contributed by atoms with E-state index in [1.165, 1.54) is 6.20 Å². The van der Waals surface area contributed by atoms with Gasteiger partial charge in [0.1, 0.15) is 0 Å². The molecule has 1 aromatic rings. The Morgan fingerprint density at radius 3 is 2.61 bits per heavy atom. The molecule has 0 radical (unpaired) electrons. The molecule has 0 saturated heterocycles. The van der Waals surface area contributed by atoms with Gasteiger partial charge in [-0.25, -0.2) is 14.8 Å². The fourth-order valence-corrected chi connectivity index (χ4v) is 1.63. The summed E-state index contributed by atoms with van der Waals surface area (Å²) < 4.78 is 0. The van der Waals surface area contributed by atoms with Gasteiger partial charge in [0.15, 0.2) is 0 Å². The van der Waals surface area contributed by atoms with Crippen LogP contribution in [0, 0.1) is 6.92 Å². The Bertz CT molecular complexity index is 405. The second-order valence-electron chi connectivity index (χ2n) is 3.95. The van der Waals surface area contributed by atoms with E-state index in [4.69, 9.17) is 5.11 Å². The molecule has 0 unspecified atom stereocenters. The van der Waals surface area contributed by atoms with Crippen LogP contribution in [0.2, 0.25) is 0 Å². The van der Waals surface area contributed by atoms with E-state index in [0.29, 0.717) is 11.6 Å². The Morgan fingerprint density at radius 2 is 2.11 bits per heavy atom. The van der Waals surface area contributed by atoms with Gasteiger partial charge < -0.3 is 15.3 Å². The number of aromatic nitrogens is 2. The zero-order valence-corrected chi connectivity index (χ0v) is 11.1. The lowest BCUT2D eigenvalue weighted by atomic mass is 10.2. The molecular weight excluding hydrogens is 232 g/mol. The monoisotopic (exact) mass is 252 g/mol. The molecule has 0 saturated carbocycles. The van der Waals surface area contributed by atoms with E-state index in [1.54, 1.807) is 6.92 Å². The van der Waals surface area contributed by atoms with Gasteiger partial charge in [-0.1, -0.05) is 13.8 Å². The van der Waals surface area contributed by atoms with Crippen LogP contribution in [-0.4, -0.2) is 52.1 Å². The van der Waals surface area contributed by atoms with Gasteiger partial charge in [0, 0.05) is 19.3 Å². The number of nitrogens with zero attached hydrogens (tertiary/aromatic N) is 3. The molecular formula is C12H20N4O2. The smallest absolute Gasteiger partial charge is 0.339 e. The third-order valence-corrected chi connectivity index (χ3v) is 2.82. The zero-order valence-electron chi connectivity index (χ0n) is 11.1. The minimum Gasteiger partial charge on any atom is -0.478 e. The molecule has 18 heavy (non-hydrogen) atoms. The van der Waals surface area contributed by atoms with Crippen LogP contribution in [0.3, 0.4) is 0 Å². The van der Waals surface area contributed by atoms with Crippen molar-refractivity contribution in [2.45, 2.75) is 20.8 Å². The summed E-state index contributed by atoms with van der Waals surface area (Å²) in [6.45, 7) is 9.58. The van der Waals surface area contributed by atoms with Gasteiger partial charge in [0.25, 0.3) is 0 Å². The highest BCUT2D eigenvalue weighted by Crippen LogP contribution is 2.06. The maximum absolute atomic E-state index is 10.8. The summed E-state index contributed by atoms with van der Waals surface area (Å²) in [6, 6.07) is 0. The van der Waals surface area contributed by atoms with Crippen molar-refractivity contribution in [3.63, 3.8) is 0 Å². The van der Waals surface area contributed by atoms with Crippen LogP contribution in [0.1, 0.15) is 29.9 Å². The van der Waals surface area contributed by atoms with Gasteiger partial charge >= 0.3 is 5.97 Å². The lowest BCUT2D eigenvalue weighted by Crippen LogP contribution is -2.29. The van der Waals surface area contributed by atoms with Crippen LogP contribution in [0.5, 0.6) is 0 Å². The predicted octanol–water partition coefficient (Wildman–Crippen LogP) is 1.24. The summed E-state index contributed by atoms with van der Waals surface area (Å²) in [7, 11) is 0. The van der Waals surface area contributed by atoms with Gasteiger partial charge in [0.05, 0.1) is 11.3 Å². The molecule has 0 amide bonds. The minimum atomic E-state index is -0.998. The summed E-state index contributed by atoms with van der Waals surface area (Å²) in [6.07, 6.45) is 1.34. The molecule has 0 aliphatic rings. The first kappa shape index (κ1) is 14.4. The molecule has 6 heteroatoms. The highest BCUT2D eigenvalue weighted by molar-refractivity contribution is 5.88. The van der Waals surface area contributed by atoms with Crippen molar-refractivity contribution >= 4 is 11.9 Å². The molecule has 0 aromatic carbocycles. The van der Waals surface area contributed by atoms with Gasteiger partial charge in [-0.3, -0.25) is 0 Å². The Kier molecular flexibility index (Phi) is 5.51. The molecule has 1 rings (SSSR count). The van der Waals surface area contributed by atoms with E-state index < -0.39 is 5.97 Å². The maximum atomic E-state index is 10.8. The number of rotatable bonds is 7. The number of anilines is 1. The number of hydrogen-bond donors (Lipinski definition) is 2. The van der Waals surface area contributed by atoms with Gasteiger partial charge in [-0.2, -0.15) is 0 Å². The van der Waals surface area contributed by atoms with Crippen LogP contribution in [0.15, 0.2) is 6.20 Å². The SMILES string of the molecule is CCN(CC)CCNc1ncc(C(=O)O)c(C)n1. The molecule has 0 aliphatic heterocycles. The second kappa shape index (κ2) is 6.90. The Hall–Kier alpha value is -1.69. The molecule has 1 heterocycles. The lowest BCUT2D eigenvalue weighted by molar-refractivity contribution is 0.0695. The number of likely N-dealkylation sites (N-methyl/N-ethyl adjacent to an activating group) is 1. The second-order valence-corrected chi connectivity index (χ2v) is 3.95. The molecule has 0 spiro atoms. The Morgan fingerprint density at radius 1 is 1.44 bits per heavy atom. The Labute approximate surface area is 107 Å². The van der Waals surface area contributed by atoms with E-state index in [9.17, 15) is 4.79 Å². The van der Waals surface area contributed by atoms with Crippen LogP contribution in [0.4, 0.5) is 5.95 Å². The van der Waals surface area contributed by atoms with Crippen molar-refractivity contribution in [3.05, 3.63) is 17.5 Å². The highest BCUT2D eigenvalue weighted by Gasteiger charge is 2.09. The molecule has 0 fully saturated rings. The topological polar surface area (TPSA) is 78.4 Å². The van der Waals surface area contributed by atoms with E-state index in [-0.39, 0.29) is 5.56 Å². The fraction of sp³-hybridized carbons (Fsp3) is 0.583.